The van der Waals surface area contributed by atoms with Crippen LogP contribution in [0.3, 0.4) is 0 Å². The van der Waals surface area contributed by atoms with Crippen LogP contribution >= 0.6 is 12.6 Å². The summed E-state index contributed by atoms with van der Waals surface area (Å²) in [6.07, 6.45) is -0.381. The fraction of sp³-hybridized carbons (Fsp3) is 0.475. The number of nitrogens with one attached hydrogen (secondary N) is 7. The highest BCUT2D eigenvalue weighted by molar-refractivity contribution is 7.80. The summed E-state index contributed by atoms with van der Waals surface area (Å²) < 4.78 is 0. The number of aromatic nitrogens is 1. The van der Waals surface area contributed by atoms with Crippen molar-refractivity contribution in [2.75, 3.05) is 18.9 Å². The van der Waals surface area contributed by atoms with Gasteiger partial charge in [0.05, 0.1) is 24.9 Å². The van der Waals surface area contributed by atoms with E-state index < -0.39 is 103 Å². The molecule has 0 saturated carbocycles. The zero-order valence-electron chi connectivity index (χ0n) is 33.9. The van der Waals surface area contributed by atoms with Crippen molar-refractivity contribution < 1.29 is 54.0 Å². The third-order valence-corrected chi connectivity index (χ3v) is 10.1. The highest BCUT2D eigenvalue weighted by Crippen LogP contribution is 2.19. The minimum Gasteiger partial charge on any atom is -0.480 e. The smallest absolute Gasteiger partial charge is 0.327 e. The number of thiol groups is 1. The lowest BCUT2D eigenvalue weighted by atomic mass is 10.0. The lowest BCUT2D eigenvalue weighted by Gasteiger charge is -2.29. The maximum atomic E-state index is 13.9. The molecule has 0 fully saturated rings. The number of amides is 6. The van der Waals surface area contributed by atoms with E-state index in [2.05, 4.69) is 49.5 Å². The van der Waals surface area contributed by atoms with E-state index in [4.69, 9.17) is 11.5 Å². The molecule has 3 aromatic rings. The van der Waals surface area contributed by atoms with Gasteiger partial charge in [-0.15, -0.1) is 0 Å². The van der Waals surface area contributed by atoms with E-state index in [0.717, 1.165) is 23.4 Å². The number of H-pyrrole nitrogens is 1. The average Bonchev–Trinajstić information content (AvgIpc) is 3.64. The Morgan fingerprint density at radius 1 is 0.672 bits per heavy atom. The second kappa shape index (κ2) is 24.6. The van der Waals surface area contributed by atoms with Gasteiger partial charge in [-0.25, -0.2) is 4.79 Å². The van der Waals surface area contributed by atoms with Crippen molar-refractivity contribution in [3.63, 3.8) is 0 Å². The van der Waals surface area contributed by atoms with E-state index in [-0.39, 0.29) is 25.0 Å². The first-order chi connectivity index (χ1) is 29.0. The van der Waals surface area contributed by atoms with Crippen molar-refractivity contribution in [3.05, 3.63) is 71.9 Å². The van der Waals surface area contributed by atoms with Crippen LogP contribution in [0.2, 0.25) is 0 Å². The summed E-state index contributed by atoms with van der Waals surface area (Å²) in [6.45, 7) is 1.71. The van der Waals surface area contributed by atoms with Gasteiger partial charge in [0.25, 0.3) is 0 Å². The van der Waals surface area contributed by atoms with Crippen LogP contribution in [-0.4, -0.2) is 140 Å². The van der Waals surface area contributed by atoms with Crippen molar-refractivity contribution >= 4 is 64.9 Å². The molecule has 0 spiro atoms. The van der Waals surface area contributed by atoms with Crippen LogP contribution in [0.1, 0.15) is 44.2 Å². The summed E-state index contributed by atoms with van der Waals surface area (Å²) >= 11 is 3.86. The second-order valence-electron chi connectivity index (χ2n) is 14.5. The van der Waals surface area contributed by atoms with E-state index in [1.807, 2.05) is 24.3 Å². The van der Waals surface area contributed by atoms with Crippen molar-refractivity contribution in [1.29, 1.82) is 0 Å². The van der Waals surface area contributed by atoms with Crippen LogP contribution in [0.4, 0.5) is 0 Å². The summed E-state index contributed by atoms with van der Waals surface area (Å²) in [4.78, 5) is 95.2. The third-order valence-electron chi connectivity index (χ3n) is 9.69. The molecule has 0 aliphatic heterocycles. The summed E-state index contributed by atoms with van der Waals surface area (Å²) in [7, 11) is 0. The van der Waals surface area contributed by atoms with E-state index in [0.29, 0.717) is 24.9 Å². The molecular weight excluding hydrogens is 815 g/mol. The molecule has 0 saturated heterocycles. The number of aliphatic hydroxyl groups excluding tert-OH is 3. The highest BCUT2D eigenvalue weighted by atomic mass is 32.1. The number of para-hydroxylation sites is 1. The molecule has 3 rings (SSSR count). The monoisotopic (exact) mass is 871 g/mol. The summed E-state index contributed by atoms with van der Waals surface area (Å²) in [5.41, 5.74) is 14.1. The number of benzene rings is 2. The number of aromatic amines is 1. The van der Waals surface area contributed by atoms with Gasteiger partial charge in [-0.3, -0.25) is 28.8 Å². The fourth-order valence-electron chi connectivity index (χ4n) is 6.22. The minimum atomic E-state index is -1.77. The number of aliphatic carboxylic acids is 1. The fourth-order valence-corrected chi connectivity index (χ4v) is 6.47. The molecule has 21 heteroatoms. The number of unbranched alkanes of at least 4 members (excludes halogenated alkanes) is 1. The van der Waals surface area contributed by atoms with Gasteiger partial charge in [0.15, 0.2) is 0 Å². The second-order valence-corrected chi connectivity index (χ2v) is 14.9. The Kier molecular flexibility index (Phi) is 20.1. The van der Waals surface area contributed by atoms with E-state index in [1.54, 1.807) is 36.5 Å². The molecule has 334 valence electrons. The Hall–Kier alpha value is -5.58. The number of hydrogen-bond acceptors (Lipinski definition) is 13. The van der Waals surface area contributed by atoms with Gasteiger partial charge in [-0.05, 0) is 63.3 Å². The summed E-state index contributed by atoms with van der Waals surface area (Å²) in [5.74, 6) is -7.43. The number of carboxylic acids is 1. The van der Waals surface area contributed by atoms with Crippen LogP contribution in [-0.2, 0) is 46.4 Å². The predicted molar refractivity (Wildman–Crippen MR) is 227 cm³/mol. The average molecular weight is 872 g/mol. The Morgan fingerprint density at radius 2 is 1.20 bits per heavy atom. The molecule has 15 N–H and O–H groups in total. The van der Waals surface area contributed by atoms with Crippen molar-refractivity contribution in [2.45, 2.75) is 100 Å². The standard InChI is InChI=1S/C40H57N9O11S/c1-21(51)32(48-35(54)28(14-8-9-15-41)44-34(53)26(42)17-24-18-43-27-13-7-6-12-25(24)27)38(57)45-29(16-23-10-4-3-5-11-23)36(55)49-33(22(2)52)39(58)46-30(19-50)37(56)47-31(20-61)40(59)60/h3-7,10-13,18,21-22,26,28-33,43,50-52,61H,8-9,14-17,19-20,41-42H2,1-2H3,(H,44,53)(H,45,57)(H,46,58)(H,47,56)(H,48,54)(H,49,55)(H,59,60). The lowest BCUT2D eigenvalue weighted by Crippen LogP contribution is -2.63. The third kappa shape index (κ3) is 15.1. The van der Waals surface area contributed by atoms with Gasteiger partial charge in [-0.2, -0.15) is 12.6 Å². The number of carbonyl (C=O) groups is 7. The number of fused-ring (bicyclic) bond motifs is 1. The first-order valence-corrected chi connectivity index (χ1v) is 20.3. The maximum Gasteiger partial charge on any atom is 0.327 e. The largest absolute Gasteiger partial charge is 0.480 e. The first-order valence-electron chi connectivity index (χ1n) is 19.7. The van der Waals surface area contributed by atoms with Gasteiger partial charge < -0.3 is 68.8 Å². The van der Waals surface area contributed by atoms with E-state index >= 15 is 0 Å². The quantitative estimate of drug-likeness (QED) is 0.0300. The zero-order valence-corrected chi connectivity index (χ0v) is 34.8. The lowest BCUT2D eigenvalue weighted by molar-refractivity contribution is -0.142. The van der Waals surface area contributed by atoms with Gasteiger partial charge in [-0.1, -0.05) is 48.5 Å². The molecule has 20 nitrogen and oxygen atoms in total. The molecule has 0 aliphatic rings. The summed E-state index contributed by atoms with van der Waals surface area (Å²) in [6, 6.07) is 5.51. The number of hydrogen-bond donors (Lipinski definition) is 14. The molecule has 1 aromatic heterocycles. The maximum absolute atomic E-state index is 13.9. The normalized spacial score (nSPS) is 15.7. The molecule has 0 aliphatic carbocycles. The van der Waals surface area contributed by atoms with Crippen LogP contribution < -0.4 is 43.4 Å². The molecule has 0 radical (unpaired) electrons. The van der Waals surface area contributed by atoms with Crippen LogP contribution in [0.15, 0.2) is 60.8 Å². The zero-order chi connectivity index (χ0) is 45.2. The Bertz CT molecular complexity index is 1950. The number of rotatable bonds is 25. The molecule has 6 amide bonds. The number of carboxylic acid groups (broad SMARTS) is 1. The Labute approximate surface area is 357 Å². The molecule has 2 aromatic carbocycles. The van der Waals surface area contributed by atoms with Crippen molar-refractivity contribution in [1.82, 2.24) is 36.9 Å². The number of carbonyl (C=O) groups excluding carboxylic acids is 6. The van der Waals surface area contributed by atoms with Crippen LogP contribution in [0.25, 0.3) is 10.9 Å². The highest BCUT2D eigenvalue weighted by Gasteiger charge is 2.36. The number of nitrogens with two attached hydrogens (primary N) is 2. The van der Waals surface area contributed by atoms with E-state index in [9.17, 15) is 54.0 Å². The topological polar surface area (TPSA) is 340 Å². The molecule has 61 heavy (non-hydrogen) atoms. The van der Waals surface area contributed by atoms with Gasteiger partial charge in [0, 0.05) is 29.3 Å². The number of aliphatic hydroxyl groups is 3. The van der Waals surface area contributed by atoms with Gasteiger partial charge >= 0.3 is 5.97 Å². The van der Waals surface area contributed by atoms with Gasteiger partial charge in [0.1, 0.15) is 36.3 Å². The Morgan fingerprint density at radius 3 is 1.75 bits per heavy atom. The molecule has 9 atom stereocenters. The SMILES string of the molecule is CC(O)C(NC(=O)C(Cc1ccccc1)NC(=O)C(NC(=O)C(CCCCN)NC(=O)C(N)Cc1c[nH]c2ccccc12)C(C)O)C(=O)NC(CO)C(=O)NC(CS)C(=O)O. The molecule has 0 bridgehead atoms. The van der Waals surface area contributed by atoms with Gasteiger partial charge in [0.2, 0.25) is 35.4 Å². The summed E-state index contributed by atoms with van der Waals surface area (Å²) in [5, 5.41) is 55.4. The molecule has 9 unspecified atom stereocenters. The van der Waals surface area contributed by atoms with Crippen LogP contribution in [0, 0.1) is 0 Å². The van der Waals surface area contributed by atoms with E-state index in [1.165, 1.54) is 6.92 Å². The minimum absolute atomic E-state index is 0.110. The molecule has 1 heterocycles. The molecular formula is C40H57N9O11S. The van der Waals surface area contributed by atoms with Crippen LogP contribution in [0.5, 0.6) is 0 Å². The Balaban J connectivity index is 1.79. The van der Waals surface area contributed by atoms with Crippen molar-refractivity contribution in [3.8, 4) is 0 Å². The van der Waals surface area contributed by atoms with Crippen molar-refractivity contribution in [2.24, 2.45) is 11.5 Å². The first kappa shape index (κ1) is 49.8. The predicted octanol–water partition coefficient (Wildman–Crippen LogP) is -2.91.